The summed E-state index contributed by atoms with van der Waals surface area (Å²) in [4.78, 5) is 16.8. The van der Waals surface area contributed by atoms with Crippen LogP contribution in [0.1, 0.15) is 25.5 Å². The Morgan fingerprint density at radius 2 is 1.88 bits per heavy atom. The number of rotatable bonds is 7. The van der Waals surface area contributed by atoms with Gasteiger partial charge in [-0.25, -0.2) is 4.79 Å². The quantitative estimate of drug-likeness (QED) is 0.704. The average molecular weight is 355 g/mol. The third kappa shape index (κ3) is 5.18. The van der Waals surface area contributed by atoms with Crippen molar-refractivity contribution in [3.63, 3.8) is 0 Å². The van der Waals surface area contributed by atoms with Gasteiger partial charge in [0.1, 0.15) is 6.04 Å². The lowest BCUT2D eigenvalue weighted by Gasteiger charge is -2.38. The molecule has 24 heavy (non-hydrogen) atoms. The first-order chi connectivity index (χ1) is 11.5. The van der Waals surface area contributed by atoms with Gasteiger partial charge in [-0.05, 0) is 25.5 Å². The Balaban J connectivity index is 1.98. The molecule has 0 saturated carbocycles. The molecule has 1 atom stereocenters. The van der Waals surface area contributed by atoms with E-state index in [1.54, 1.807) is 0 Å². The molecule has 0 aromatic heterocycles. The average Bonchev–Trinajstić information content (AvgIpc) is 2.57. The first-order valence-electron chi connectivity index (χ1n) is 8.43. The van der Waals surface area contributed by atoms with Gasteiger partial charge >= 0.3 is 5.97 Å². The molecule has 1 aliphatic heterocycles. The largest absolute Gasteiger partial charge is 0.468 e. The maximum Gasteiger partial charge on any atom is 0.327 e. The van der Waals surface area contributed by atoms with Gasteiger partial charge in [0.2, 0.25) is 0 Å². The molecule has 0 spiro atoms. The number of benzene rings is 1. The van der Waals surface area contributed by atoms with Crippen molar-refractivity contribution in [1.29, 1.82) is 0 Å². The molecule has 0 bridgehead atoms. The van der Waals surface area contributed by atoms with E-state index in [-0.39, 0.29) is 12.1 Å². The van der Waals surface area contributed by atoms with Gasteiger partial charge < -0.3 is 9.47 Å². The second kappa shape index (κ2) is 9.37. The molecule has 1 fully saturated rings. The van der Waals surface area contributed by atoms with Gasteiger partial charge in [0.15, 0.2) is 0 Å². The van der Waals surface area contributed by atoms with Gasteiger partial charge in [-0.1, -0.05) is 29.8 Å². The zero-order valence-electron chi connectivity index (χ0n) is 14.7. The first-order valence-corrected chi connectivity index (χ1v) is 8.81. The minimum Gasteiger partial charge on any atom is -0.468 e. The molecular weight excluding hydrogens is 328 g/mol. The lowest BCUT2D eigenvalue weighted by Crippen LogP contribution is -2.50. The van der Waals surface area contributed by atoms with Crippen LogP contribution in [0.3, 0.4) is 0 Å². The second-order valence-electron chi connectivity index (χ2n) is 6.24. The Hall–Kier alpha value is -1.14. The Kier molecular flexibility index (Phi) is 7.49. The summed E-state index contributed by atoms with van der Waals surface area (Å²) in [5.74, 6) is -0.264. The molecule has 1 saturated heterocycles. The topological polar surface area (TPSA) is 42.0 Å². The van der Waals surface area contributed by atoms with Gasteiger partial charge in [-0.2, -0.15) is 0 Å². The van der Waals surface area contributed by atoms with Gasteiger partial charge in [0, 0.05) is 37.7 Å². The minimum atomic E-state index is -0.447. The predicted molar refractivity (Wildman–Crippen MR) is 95.3 cm³/mol. The number of carbonyl (C=O) groups excluding carboxylic acids is 1. The molecule has 5 nitrogen and oxygen atoms in total. The third-order valence-corrected chi connectivity index (χ3v) is 4.60. The van der Waals surface area contributed by atoms with E-state index in [0.717, 1.165) is 44.9 Å². The third-order valence-electron chi connectivity index (χ3n) is 4.25. The van der Waals surface area contributed by atoms with Crippen molar-refractivity contribution in [3.8, 4) is 0 Å². The standard InChI is InChI=1S/C18H27ClN2O3/c1-14(2)24-13-12-20-8-10-21(11-9-20)17(18(22)23-3)15-6-4-5-7-16(15)19/h4-7,14,17H,8-13H2,1-3H3. The Morgan fingerprint density at radius 1 is 1.21 bits per heavy atom. The Labute approximate surface area is 149 Å². The van der Waals surface area contributed by atoms with Gasteiger partial charge in [0.05, 0.1) is 19.8 Å². The molecule has 2 rings (SSSR count). The molecule has 0 radical (unpaired) electrons. The summed E-state index contributed by atoms with van der Waals surface area (Å²) in [6.07, 6.45) is 0.259. The monoisotopic (exact) mass is 354 g/mol. The Morgan fingerprint density at radius 3 is 2.46 bits per heavy atom. The van der Waals surface area contributed by atoms with E-state index in [1.165, 1.54) is 7.11 Å². The molecule has 1 aromatic rings. The molecule has 0 amide bonds. The number of methoxy groups -OCH3 is 1. The van der Waals surface area contributed by atoms with Crippen LogP contribution in [0.25, 0.3) is 0 Å². The SMILES string of the molecule is COC(=O)C(c1ccccc1Cl)N1CCN(CCOC(C)C)CC1. The molecule has 0 N–H and O–H groups in total. The second-order valence-corrected chi connectivity index (χ2v) is 6.65. The molecule has 1 unspecified atom stereocenters. The van der Waals surface area contributed by atoms with E-state index >= 15 is 0 Å². The molecule has 134 valence electrons. The van der Waals surface area contributed by atoms with Crippen LogP contribution in [0.15, 0.2) is 24.3 Å². The Bertz CT molecular complexity index is 531. The summed E-state index contributed by atoms with van der Waals surface area (Å²) in [6, 6.07) is 7.03. The maximum atomic E-state index is 12.3. The summed E-state index contributed by atoms with van der Waals surface area (Å²) in [6.45, 7) is 9.15. The molecule has 6 heteroatoms. The molecular formula is C18H27ClN2O3. The lowest BCUT2D eigenvalue weighted by atomic mass is 10.0. The van der Waals surface area contributed by atoms with E-state index in [2.05, 4.69) is 9.80 Å². The van der Waals surface area contributed by atoms with Crippen molar-refractivity contribution in [3.05, 3.63) is 34.9 Å². The smallest absolute Gasteiger partial charge is 0.327 e. The van der Waals surface area contributed by atoms with Crippen molar-refractivity contribution < 1.29 is 14.3 Å². The van der Waals surface area contributed by atoms with Crippen LogP contribution < -0.4 is 0 Å². The summed E-state index contributed by atoms with van der Waals surface area (Å²) < 4.78 is 10.6. The van der Waals surface area contributed by atoms with Crippen LogP contribution >= 0.6 is 11.6 Å². The van der Waals surface area contributed by atoms with E-state index in [9.17, 15) is 4.79 Å². The highest BCUT2D eigenvalue weighted by Crippen LogP contribution is 2.29. The van der Waals surface area contributed by atoms with E-state index in [4.69, 9.17) is 21.1 Å². The van der Waals surface area contributed by atoms with Crippen molar-refractivity contribution in [2.24, 2.45) is 0 Å². The van der Waals surface area contributed by atoms with Gasteiger partial charge in [-0.3, -0.25) is 9.80 Å². The maximum absolute atomic E-state index is 12.3. The van der Waals surface area contributed by atoms with Crippen molar-refractivity contribution >= 4 is 17.6 Å². The molecule has 0 aliphatic carbocycles. The highest BCUT2D eigenvalue weighted by Gasteiger charge is 2.32. The highest BCUT2D eigenvalue weighted by molar-refractivity contribution is 6.31. The molecule has 1 aliphatic rings. The fourth-order valence-electron chi connectivity index (χ4n) is 2.94. The highest BCUT2D eigenvalue weighted by atomic mass is 35.5. The van der Waals surface area contributed by atoms with Crippen LogP contribution in [-0.4, -0.2) is 68.3 Å². The number of carbonyl (C=O) groups is 1. The van der Waals surface area contributed by atoms with Crippen molar-refractivity contribution in [2.75, 3.05) is 46.4 Å². The minimum absolute atomic E-state index is 0.259. The summed E-state index contributed by atoms with van der Waals surface area (Å²) in [5, 5.41) is 0.598. The number of halogens is 1. The zero-order chi connectivity index (χ0) is 17.5. The number of nitrogens with zero attached hydrogens (tertiary/aromatic N) is 2. The number of ether oxygens (including phenoxy) is 2. The number of hydrogen-bond acceptors (Lipinski definition) is 5. The van der Waals surface area contributed by atoms with Crippen LogP contribution in [0.2, 0.25) is 5.02 Å². The fourth-order valence-corrected chi connectivity index (χ4v) is 3.18. The van der Waals surface area contributed by atoms with Crippen LogP contribution in [-0.2, 0) is 14.3 Å². The summed E-state index contributed by atoms with van der Waals surface area (Å²) in [7, 11) is 1.42. The predicted octanol–water partition coefficient (Wildman–Crippen LogP) is 2.60. The van der Waals surface area contributed by atoms with Crippen molar-refractivity contribution in [2.45, 2.75) is 26.0 Å². The first kappa shape index (κ1) is 19.2. The summed E-state index contributed by atoms with van der Waals surface area (Å²) in [5.41, 5.74) is 0.808. The van der Waals surface area contributed by atoms with E-state index in [0.29, 0.717) is 5.02 Å². The van der Waals surface area contributed by atoms with Crippen LogP contribution in [0.5, 0.6) is 0 Å². The number of hydrogen-bond donors (Lipinski definition) is 0. The number of piperazine rings is 1. The van der Waals surface area contributed by atoms with Gasteiger partial charge in [0.25, 0.3) is 0 Å². The fraction of sp³-hybridized carbons (Fsp3) is 0.611. The van der Waals surface area contributed by atoms with Crippen LogP contribution in [0, 0.1) is 0 Å². The summed E-state index contributed by atoms with van der Waals surface area (Å²) >= 11 is 6.30. The number of esters is 1. The van der Waals surface area contributed by atoms with E-state index in [1.807, 2.05) is 38.1 Å². The van der Waals surface area contributed by atoms with Crippen molar-refractivity contribution in [1.82, 2.24) is 9.80 Å². The normalized spacial score (nSPS) is 17.9. The molecule has 1 aromatic carbocycles. The zero-order valence-corrected chi connectivity index (χ0v) is 15.5. The molecule has 1 heterocycles. The van der Waals surface area contributed by atoms with Gasteiger partial charge in [-0.15, -0.1) is 0 Å². The van der Waals surface area contributed by atoms with Crippen LogP contribution in [0.4, 0.5) is 0 Å². The van der Waals surface area contributed by atoms with E-state index < -0.39 is 6.04 Å². The lowest BCUT2D eigenvalue weighted by molar-refractivity contribution is -0.148.